The molecule has 0 bridgehead atoms. The van der Waals surface area contributed by atoms with Crippen molar-refractivity contribution < 1.29 is 23.7 Å². The van der Waals surface area contributed by atoms with E-state index in [2.05, 4.69) is 10.4 Å². The fourth-order valence-electron chi connectivity index (χ4n) is 3.49. The molecule has 1 aromatic heterocycles. The van der Waals surface area contributed by atoms with Gasteiger partial charge in [-0.1, -0.05) is 18.2 Å². The zero-order valence-corrected chi connectivity index (χ0v) is 20.5. The summed E-state index contributed by atoms with van der Waals surface area (Å²) in [5.74, 6) is 2.78. The van der Waals surface area contributed by atoms with Crippen molar-refractivity contribution in [2.75, 3.05) is 27.4 Å². The number of hydrogen-bond acceptors (Lipinski definition) is 7. The van der Waals surface area contributed by atoms with Crippen molar-refractivity contribution in [2.24, 2.45) is 0 Å². The Morgan fingerprint density at radius 2 is 1.54 bits per heavy atom. The van der Waals surface area contributed by atoms with Crippen LogP contribution in [-0.4, -0.2) is 43.1 Å². The van der Waals surface area contributed by atoms with E-state index in [1.165, 1.54) is 10.7 Å². The lowest BCUT2D eigenvalue weighted by Crippen LogP contribution is -2.34. The summed E-state index contributed by atoms with van der Waals surface area (Å²) < 4.78 is 23.2. The van der Waals surface area contributed by atoms with Gasteiger partial charge in [-0.15, -0.1) is 0 Å². The minimum atomic E-state index is -0.311. The molecule has 37 heavy (non-hydrogen) atoms. The van der Waals surface area contributed by atoms with Crippen LogP contribution < -0.4 is 29.8 Å². The van der Waals surface area contributed by atoms with E-state index in [-0.39, 0.29) is 31.2 Å². The van der Waals surface area contributed by atoms with Crippen molar-refractivity contribution in [2.45, 2.75) is 6.54 Å². The highest BCUT2D eigenvalue weighted by atomic mass is 16.5. The molecule has 1 amide bonds. The summed E-state index contributed by atoms with van der Waals surface area (Å²) in [7, 11) is 3.12. The highest BCUT2D eigenvalue weighted by molar-refractivity contribution is 5.77. The first kappa shape index (κ1) is 25.3. The summed E-state index contributed by atoms with van der Waals surface area (Å²) in [5, 5.41) is 7.16. The lowest BCUT2D eigenvalue weighted by atomic mass is 10.1. The van der Waals surface area contributed by atoms with Crippen molar-refractivity contribution in [3.05, 3.63) is 95.3 Å². The molecule has 4 rings (SSSR count). The monoisotopic (exact) mass is 501 g/mol. The van der Waals surface area contributed by atoms with Gasteiger partial charge in [0.2, 0.25) is 0 Å². The molecule has 0 saturated carbocycles. The second kappa shape index (κ2) is 12.3. The van der Waals surface area contributed by atoms with Crippen LogP contribution in [0.25, 0.3) is 11.3 Å². The summed E-state index contributed by atoms with van der Waals surface area (Å²) in [6.45, 7) is 0.262. The molecule has 0 atom stereocenters. The maximum atomic E-state index is 12.3. The van der Waals surface area contributed by atoms with Gasteiger partial charge >= 0.3 is 0 Å². The normalized spacial score (nSPS) is 10.4. The average molecular weight is 502 g/mol. The molecular weight excluding hydrogens is 474 g/mol. The Kier molecular flexibility index (Phi) is 8.38. The third kappa shape index (κ3) is 6.88. The molecule has 9 heteroatoms. The second-order valence-corrected chi connectivity index (χ2v) is 7.87. The van der Waals surface area contributed by atoms with Gasteiger partial charge in [0.05, 0.1) is 26.5 Å². The van der Waals surface area contributed by atoms with Crippen LogP contribution in [0.3, 0.4) is 0 Å². The Morgan fingerprint density at radius 3 is 2.27 bits per heavy atom. The van der Waals surface area contributed by atoms with Crippen LogP contribution >= 0.6 is 0 Å². The number of rotatable bonds is 11. The molecule has 0 radical (unpaired) electrons. The number of nitrogens with zero attached hydrogens (tertiary/aromatic N) is 2. The zero-order valence-electron chi connectivity index (χ0n) is 20.5. The third-order valence-electron chi connectivity index (χ3n) is 5.36. The lowest BCUT2D eigenvalue weighted by molar-refractivity contribution is -0.123. The van der Waals surface area contributed by atoms with Crippen LogP contribution in [0.15, 0.2) is 89.7 Å². The van der Waals surface area contributed by atoms with Gasteiger partial charge in [0.25, 0.3) is 11.5 Å². The predicted octanol–water partition coefficient (Wildman–Crippen LogP) is 3.92. The van der Waals surface area contributed by atoms with Crippen LogP contribution in [0.2, 0.25) is 0 Å². The third-order valence-corrected chi connectivity index (χ3v) is 5.36. The predicted molar refractivity (Wildman–Crippen MR) is 138 cm³/mol. The Labute approximate surface area is 214 Å². The lowest BCUT2D eigenvalue weighted by Gasteiger charge is -2.11. The minimum Gasteiger partial charge on any atom is -0.493 e. The van der Waals surface area contributed by atoms with Crippen LogP contribution in [-0.2, 0) is 11.3 Å². The Bertz CT molecular complexity index is 1390. The number of carbonyl (C=O) groups excluding carboxylic acids is 1. The van der Waals surface area contributed by atoms with E-state index in [1.54, 1.807) is 56.7 Å². The molecule has 0 aliphatic rings. The first-order valence-corrected chi connectivity index (χ1v) is 11.6. The summed E-state index contributed by atoms with van der Waals surface area (Å²) in [4.78, 5) is 24.5. The first-order valence-electron chi connectivity index (χ1n) is 11.6. The van der Waals surface area contributed by atoms with Crippen molar-refractivity contribution in [3.63, 3.8) is 0 Å². The summed E-state index contributed by atoms with van der Waals surface area (Å²) in [6.07, 6.45) is 0. The van der Waals surface area contributed by atoms with Crippen molar-refractivity contribution in [1.29, 1.82) is 0 Å². The van der Waals surface area contributed by atoms with Gasteiger partial charge in [0.15, 0.2) is 18.1 Å². The fourth-order valence-corrected chi connectivity index (χ4v) is 3.49. The maximum absolute atomic E-state index is 12.3. The van der Waals surface area contributed by atoms with E-state index in [0.717, 1.165) is 11.3 Å². The molecule has 0 saturated heterocycles. The number of methoxy groups -OCH3 is 2. The number of carbonyl (C=O) groups is 1. The summed E-state index contributed by atoms with van der Waals surface area (Å²) in [5.41, 5.74) is 1.09. The number of ether oxygens (including phenoxy) is 4. The highest BCUT2D eigenvalue weighted by Gasteiger charge is 2.10. The molecule has 0 fully saturated rings. The molecule has 0 unspecified atom stereocenters. The van der Waals surface area contributed by atoms with Gasteiger partial charge in [-0.2, -0.15) is 5.10 Å². The van der Waals surface area contributed by atoms with Gasteiger partial charge in [-0.25, -0.2) is 4.68 Å². The zero-order chi connectivity index (χ0) is 26.0. The van der Waals surface area contributed by atoms with Gasteiger partial charge in [0.1, 0.15) is 17.2 Å². The number of para-hydroxylation sites is 1. The van der Waals surface area contributed by atoms with Crippen LogP contribution in [0.4, 0.5) is 0 Å². The molecule has 190 valence electrons. The highest BCUT2D eigenvalue weighted by Crippen LogP contribution is 2.31. The first-order chi connectivity index (χ1) is 18.1. The van der Waals surface area contributed by atoms with E-state index < -0.39 is 0 Å². The topological polar surface area (TPSA) is 101 Å². The van der Waals surface area contributed by atoms with Gasteiger partial charge in [-0.3, -0.25) is 9.59 Å². The number of benzene rings is 3. The van der Waals surface area contributed by atoms with E-state index in [9.17, 15) is 9.59 Å². The Morgan fingerprint density at radius 1 is 0.838 bits per heavy atom. The van der Waals surface area contributed by atoms with Crippen molar-refractivity contribution in [3.8, 4) is 40.0 Å². The molecule has 1 N–H and O–H groups in total. The Balaban J connectivity index is 1.27. The van der Waals surface area contributed by atoms with E-state index >= 15 is 0 Å². The molecule has 3 aromatic carbocycles. The molecule has 0 aliphatic carbocycles. The maximum Gasteiger partial charge on any atom is 0.266 e. The van der Waals surface area contributed by atoms with Crippen molar-refractivity contribution >= 4 is 5.91 Å². The van der Waals surface area contributed by atoms with Crippen molar-refractivity contribution in [1.82, 2.24) is 15.1 Å². The van der Waals surface area contributed by atoms with Gasteiger partial charge in [-0.05, 0) is 60.7 Å². The smallest absolute Gasteiger partial charge is 0.266 e. The van der Waals surface area contributed by atoms with E-state index in [1.807, 2.05) is 36.4 Å². The molecule has 0 spiro atoms. The van der Waals surface area contributed by atoms with E-state index in [0.29, 0.717) is 28.7 Å². The largest absolute Gasteiger partial charge is 0.493 e. The molecule has 1 heterocycles. The molecule has 9 nitrogen and oxygen atoms in total. The Hall–Kier alpha value is -4.79. The number of hydrogen-bond donors (Lipinski definition) is 1. The number of nitrogens with one attached hydrogen (secondary N) is 1. The standard InChI is InChI=1S/C28H27N3O6/c1-34-25-14-8-20(18-26(25)35-2)24-13-15-28(33)31(30-24)17-16-29-27(32)19-36-21-9-11-23(12-10-21)37-22-6-4-3-5-7-22/h3-15,18H,16-17,19H2,1-2H3,(H,29,32). The van der Waals surface area contributed by atoms with Crippen LogP contribution in [0.5, 0.6) is 28.7 Å². The minimum absolute atomic E-state index is 0.160. The van der Waals surface area contributed by atoms with Gasteiger partial charge in [0, 0.05) is 18.2 Å². The average Bonchev–Trinajstić information content (AvgIpc) is 2.94. The number of aromatic nitrogens is 2. The molecule has 4 aromatic rings. The number of amides is 1. The summed E-state index contributed by atoms with van der Waals surface area (Å²) >= 11 is 0. The van der Waals surface area contributed by atoms with E-state index in [4.69, 9.17) is 18.9 Å². The molecule has 0 aliphatic heterocycles. The quantitative estimate of drug-likeness (QED) is 0.333. The summed E-state index contributed by atoms with van der Waals surface area (Å²) in [6, 6.07) is 24.9. The fraction of sp³-hybridized carbons (Fsp3) is 0.179. The van der Waals surface area contributed by atoms with Crippen LogP contribution in [0.1, 0.15) is 0 Å². The second-order valence-electron chi connectivity index (χ2n) is 7.87. The molecular formula is C28H27N3O6. The van der Waals surface area contributed by atoms with Gasteiger partial charge < -0.3 is 24.3 Å². The SMILES string of the molecule is COc1ccc(-c2ccc(=O)n(CCNC(=O)COc3ccc(Oc4ccccc4)cc3)n2)cc1OC. The van der Waals surface area contributed by atoms with Crippen LogP contribution in [0, 0.1) is 0 Å².